The average molecular weight is 323 g/mol. The van der Waals surface area contributed by atoms with Gasteiger partial charge in [-0.1, -0.05) is 22.0 Å². The molecule has 6 heteroatoms. The lowest BCUT2D eigenvalue weighted by atomic mass is 10.1. The third-order valence-corrected chi connectivity index (χ3v) is 3.57. The molecule has 0 unspecified atom stereocenters. The third kappa shape index (κ3) is 3.35. The van der Waals surface area contributed by atoms with Gasteiger partial charge in [-0.25, -0.2) is 4.79 Å². The van der Waals surface area contributed by atoms with Gasteiger partial charge in [-0.3, -0.25) is 4.68 Å². The van der Waals surface area contributed by atoms with Gasteiger partial charge < -0.3 is 10.6 Å². The van der Waals surface area contributed by atoms with Gasteiger partial charge in [0.05, 0.1) is 11.9 Å². The second kappa shape index (κ2) is 5.44. The molecule has 0 saturated heterocycles. The number of nitrogens with zero attached hydrogens (tertiary/aromatic N) is 2. The van der Waals surface area contributed by atoms with Gasteiger partial charge in [-0.2, -0.15) is 5.10 Å². The maximum atomic E-state index is 11.9. The van der Waals surface area contributed by atoms with Crippen LogP contribution in [-0.4, -0.2) is 15.8 Å². The first kappa shape index (κ1) is 13.6. The van der Waals surface area contributed by atoms with Crippen molar-refractivity contribution in [2.45, 2.75) is 13.8 Å². The Morgan fingerprint density at radius 3 is 2.63 bits per heavy atom. The predicted molar refractivity (Wildman–Crippen MR) is 79.5 cm³/mol. The number of benzene rings is 1. The molecule has 19 heavy (non-hydrogen) atoms. The monoisotopic (exact) mass is 322 g/mol. The van der Waals surface area contributed by atoms with Crippen LogP contribution in [-0.2, 0) is 7.05 Å². The number of rotatable bonds is 2. The molecule has 0 aliphatic carbocycles. The molecule has 1 aromatic carbocycles. The van der Waals surface area contributed by atoms with Crippen LogP contribution >= 0.6 is 15.9 Å². The molecule has 0 aliphatic heterocycles. The second-order valence-corrected chi connectivity index (χ2v) is 5.25. The molecule has 0 bridgehead atoms. The van der Waals surface area contributed by atoms with E-state index in [1.807, 2.05) is 26.0 Å². The maximum absolute atomic E-state index is 11.9. The quantitative estimate of drug-likeness (QED) is 0.889. The summed E-state index contributed by atoms with van der Waals surface area (Å²) in [4.78, 5) is 11.9. The van der Waals surface area contributed by atoms with Crippen molar-refractivity contribution in [3.63, 3.8) is 0 Å². The minimum absolute atomic E-state index is 0.285. The zero-order chi connectivity index (χ0) is 14.0. The Morgan fingerprint density at radius 2 is 2.00 bits per heavy atom. The van der Waals surface area contributed by atoms with Crippen molar-refractivity contribution in [3.8, 4) is 0 Å². The van der Waals surface area contributed by atoms with Gasteiger partial charge in [0.2, 0.25) is 0 Å². The molecule has 100 valence electrons. The highest BCUT2D eigenvalue weighted by Gasteiger charge is 2.08. The van der Waals surface area contributed by atoms with E-state index in [0.29, 0.717) is 5.69 Å². The van der Waals surface area contributed by atoms with Gasteiger partial charge in [0.15, 0.2) is 0 Å². The van der Waals surface area contributed by atoms with Gasteiger partial charge in [0.1, 0.15) is 0 Å². The van der Waals surface area contributed by atoms with Gasteiger partial charge in [-0.05, 0) is 31.0 Å². The van der Waals surface area contributed by atoms with Crippen LogP contribution in [0.25, 0.3) is 0 Å². The molecule has 0 radical (unpaired) electrons. The predicted octanol–water partition coefficient (Wildman–Crippen LogP) is 3.44. The summed E-state index contributed by atoms with van der Waals surface area (Å²) in [6.07, 6.45) is 3.33. The van der Waals surface area contributed by atoms with Crippen LogP contribution in [0.5, 0.6) is 0 Å². The molecule has 2 N–H and O–H groups in total. The van der Waals surface area contributed by atoms with E-state index in [1.54, 1.807) is 24.1 Å². The topological polar surface area (TPSA) is 59.0 Å². The number of anilines is 2. The van der Waals surface area contributed by atoms with E-state index in [0.717, 1.165) is 21.3 Å². The number of hydrogen-bond donors (Lipinski definition) is 2. The minimum Gasteiger partial charge on any atom is -0.307 e. The largest absolute Gasteiger partial charge is 0.323 e. The van der Waals surface area contributed by atoms with Gasteiger partial charge >= 0.3 is 6.03 Å². The molecule has 5 nitrogen and oxygen atoms in total. The van der Waals surface area contributed by atoms with Crippen LogP contribution in [0.1, 0.15) is 11.1 Å². The zero-order valence-corrected chi connectivity index (χ0v) is 12.6. The smallest absolute Gasteiger partial charge is 0.307 e. The minimum atomic E-state index is -0.285. The first-order chi connectivity index (χ1) is 8.95. The van der Waals surface area contributed by atoms with Crippen LogP contribution in [0.2, 0.25) is 0 Å². The molecule has 2 amide bonds. The summed E-state index contributed by atoms with van der Waals surface area (Å²) in [7, 11) is 1.80. The summed E-state index contributed by atoms with van der Waals surface area (Å²) < 4.78 is 2.60. The lowest BCUT2D eigenvalue weighted by Gasteiger charge is -2.11. The number of amides is 2. The molecule has 2 aromatic rings. The maximum Gasteiger partial charge on any atom is 0.323 e. The fourth-order valence-corrected chi connectivity index (χ4v) is 2.07. The number of carbonyl (C=O) groups is 1. The number of urea groups is 1. The number of aryl methyl sites for hydroxylation is 3. The van der Waals surface area contributed by atoms with Crippen LogP contribution < -0.4 is 10.6 Å². The summed E-state index contributed by atoms with van der Waals surface area (Å²) in [6.45, 7) is 3.97. The molecule has 0 spiro atoms. The molecule has 1 aromatic heterocycles. The van der Waals surface area contributed by atoms with Crippen LogP contribution in [0.3, 0.4) is 0 Å². The second-order valence-electron chi connectivity index (χ2n) is 4.40. The van der Waals surface area contributed by atoms with Crippen molar-refractivity contribution < 1.29 is 4.79 Å². The highest BCUT2D eigenvalue weighted by molar-refractivity contribution is 9.10. The third-order valence-electron chi connectivity index (χ3n) is 2.72. The molecule has 2 rings (SSSR count). The van der Waals surface area contributed by atoms with E-state index in [2.05, 4.69) is 31.7 Å². The fourth-order valence-electron chi connectivity index (χ4n) is 1.73. The van der Waals surface area contributed by atoms with Crippen LogP contribution in [0.4, 0.5) is 16.2 Å². The van der Waals surface area contributed by atoms with Crippen molar-refractivity contribution in [1.29, 1.82) is 0 Å². The van der Waals surface area contributed by atoms with Crippen molar-refractivity contribution in [2.24, 2.45) is 7.05 Å². The normalized spacial score (nSPS) is 10.3. The number of carbonyl (C=O) groups excluding carboxylic acids is 1. The summed E-state index contributed by atoms with van der Waals surface area (Å²) >= 11 is 3.46. The van der Waals surface area contributed by atoms with Crippen molar-refractivity contribution in [1.82, 2.24) is 9.78 Å². The molecule has 0 aliphatic rings. The fraction of sp³-hybridized carbons (Fsp3) is 0.231. The van der Waals surface area contributed by atoms with E-state index >= 15 is 0 Å². The summed E-state index contributed by atoms with van der Waals surface area (Å²) in [5, 5.41) is 9.53. The van der Waals surface area contributed by atoms with Gasteiger partial charge in [0, 0.05) is 23.4 Å². The average Bonchev–Trinajstić information content (AvgIpc) is 2.71. The van der Waals surface area contributed by atoms with Gasteiger partial charge in [-0.15, -0.1) is 0 Å². The Bertz CT molecular complexity index is 621. The van der Waals surface area contributed by atoms with Crippen LogP contribution in [0, 0.1) is 13.8 Å². The van der Waals surface area contributed by atoms with Gasteiger partial charge in [0.25, 0.3) is 0 Å². The number of aromatic nitrogens is 2. The van der Waals surface area contributed by atoms with E-state index in [4.69, 9.17) is 0 Å². The Morgan fingerprint density at radius 1 is 1.26 bits per heavy atom. The Hall–Kier alpha value is -1.82. The summed E-state index contributed by atoms with van der Waals surface area (Å²) in [5.74, 6) is 0. The van der Waals surface area contributed by atoms with Crippen molar-refractivity contribution in [2.75, 3.05) is 10.6 Å². The highest BCUT2D eigenvalue weighted by Crippen LogP contribution is 2.24. The first-order valence-corrected chi connectivity index (χ1v) is 6.58. The molecular weight excluding hydrogens is 308 g/mol. The first-order valence-electron chi connectivity index (χ1n) is 5.79. The van der Waals surface area contributed by atoms with Crippen LogP contribution in [0.15, 0.2) is 29.0 Å². The lowest BCUT2D eigenvalue weighted by molar-refractivity contribution is 0.262. The Labute approximate surface area is 120 Å². The summed E-state index contributed by atoms with van der Waals surface area (Å²) in [6, 6.07) is 3.63. The van der Waals surface area contributed by atoms with E-state index in [-0.39, 0.29) is 6.03 Å². The number of hydrogen-bond acceptors (Lipinski definition) is 2. The molecule has 0 fully saturated rings. The SMILES string of the molecule is Cc1cc(C)c(NC(=O)Nc2cnn(C)c2)cc1Br. The zero-order valence-electron chi connectivity index (χ0n) is 11.0. The highest BCUT2D eigenvalue weighted by atomic mass is 79.9. The Balaban J connectivity index is 2.09. The van der Waals surface area contributed by atoms with E-state index < -0.39 is 0 Å². The van der Waals surface area contributed by atoms with E-state index in [9.17, 15) is 4.79 Å². The van der Waals surface area contributed by atoms with Crippen molar-refractivity contribution >= 4 is 33.3 Å². The number of halogens is 1. The standard InChI is InChI=1S/C13H15BrN4O/c1-8-4-9(2)12(5-11(8)14)17-13(19)16-10-6-15-18(3)7-10/h4-7H,1-3H3,(H2,16,17,19). The lowest BCUT2D eigenvalue weighted by Crippen LogP contribution is -2.19. The summed E-state index contributed by atoms with van der Waals surface area (Å²) in [5.41, 5.74) is 3.58. The molecule has 0 atom stereocenters. The van der Waals surface area contributed by atoms with Crippen molar-refractivity contribution in [3.05, 3.63) is 40.1 Å². The number of nitrogens with one attached hydrogen (secondary N) is 2. The molecular formula is C13H15BrN4O. The molecule has 1 heterocycles. The molecule has 0 saturated carbocycles. The van der Waals surface area contributed by atoms with E-state index in [1.165, 1.54) is 0 Å². The Kier molecular flexibility index (Phi) is 3.90.